The number of thioether (sulfide) groups is 1. The Bertz CT molecular complexity index is 479. The molecule has 0 saturated heterocycles. The van der Waals surface area contributed by atoms with Crippen molar-refractivity contribution in [1.82, 2.24) is 9.71 Å². The Kier molecular flexibility index (Phi) is 7.14. The maximum absolute atomic E-state index is 12.0. The molecule has 0 radical (unpaired) electrons. The predicted octanol–water partition coefficient (Wildman–Crippen LogP) is 1.18. The van der Waals surface area contributed by atoms with Crippen LogP contribution in [0.4, 0.5) is 5.69 Å². The molecule has 0 fully saturated rings. The molecule has 0 aliphatic carbocycles. The van der Waals surface area contributed by atoms with Crippen LogP contribution in [0.1, 0.15) is 19.3 Å². The fourth-order valence-corrected chi connectivity index (χ4v) is 3.20. The number of nitrogens with zero attached hydrogens (tertiary/aromatic N) is 1. The summed E-state index contributed by atoms with van der Waals surface area (Å²) >= 11 is 1.80. The van der Waals surface area contributed by atoms with Crippen molar-refractivity contribution in [3.8, 4) is 0 Å². The van der Waals surface area contributed by atoms with E-state index in [1.54, 1.807) is 23.9 Å². The Labute approximate surface area is 118 Å². The third kappa shape index (κ3) is 5.35. The van der Waals surface area contributed by atoms with Crippen molar-refractivity contribution in [1.29, 1.82) is 0 Å². The highest BCUT2D eigenvalue weighted by Crippen LogP contribution is 2.16. The van der Waals surface area contributed by atoms with Crippen LogP contribution >= 0.6 is 11.8 Å². The van der Waals surface area contributed by atoms with Crippen molar-refractivity contribution < 1.29 is 8.42 Å². The van der Waals surface area contributed by atoms with Crippen molar-refractivity contribution in [2.45, 2.75) is 24.3 Å². The molecule has 1 heterocycles. The van der Waals surface area contributed by atoms with Crippen molar-refractivity contribution >= 4 is 27.5 Å². The minimum atomic E-state index is -3.60. The first-order valence-corrected chi connectivity index (χ1v) is 8.89. The molecule has 0 aliphatic heterocycles. The number of unbranched alkanes of at least 4 members (excludes halogenated alkanes) is 2. The standard InChI is InChI=1S/C11H20N4O2S2/c1-18-9-4-2-3-8-14-19(16,17)11-10(15-12)6-5-7-13-11/h5-7,14-15H,2-4,8-9,12H2,1H3. The summed E-state index contributed by atoms with van der Waals surface area (Å²) in [4.78, 5) is 3.85. The maximum atomic E-state index is 12.0. The molecule has 0 amide bonds. The van der Waals surface area contributed by atoms with Crippen LogP contribution in [0.3, 0.4) is 0 Å². The molecule has 0 spiro atoms. The molecule has 8 heteroatoms. The van der Waals surface area contributed by atoms with Crippen molar-refractivity contribution in [2.75, 3.05) is 24.0 Å². The SMILES string of the molecule is CSCCCCCNS(=O)(=O)c1ncccc1NN. The minimum Gasteiger partial charge on any atom is -0.321 e. The molecular formula is C11H20N4O2S2. The zero-order valence-corrected chi connectivity index (χ0v) is 12.6. The number of rotatable bonds is 9. The Morgan fingerprint density at radius 1 is 1.37 bits per heavy atom. The van der Waals surface area contributed by atoms with Crippen LogP contribution in [0, 0.1) is 0 Å². The van der Waals surface area contributed by atoms with E-state index < -0.39 is 10.0 Å². The van der Waals surface area contributed by atoms with Crippen LogP contribution in [0.25, 0.3) is 0 Å². The van der Waals surface area contributed by atoms with Gasteiger partial charge < -0.3 is 5.43 Å². The van der Waals surface area contributed by atoms with E-state index in [4.69, 9.17) is 5.84 Å². The van der Waals surface area contributed by atoms with Gasteiger partial charge in [0.15, 0.2) is 5.03 Å². The Balaban J connectivity index is 2.52. The summed E-state index contributed by atoms with van der Waals surface area (Å²) in [6.07, 6.45) is 6.41. The highest BCUT2D eigenvalue weighted by molar-refractivity contribution is 7.98. The van der Waals surface area contributed by atoms with Crippen LogP contribution in [0.5, 0.6) is 0 Å². The van der Waals surface area contributed by atoms with Gasteiger partial charge in [0.1, 0.15) is 0 Å². The molecule has 0 bridgehead atoms. The number of sulfonamides is 1. The van der Waals surface area contributed by atoms with Crippen molar-refractivity contribution in [3.05, 3.63) is 18.3 Å². The topological polar surface area (TPSA) is 97.1 Å². The zero-order chi connectivity index (χ0) is 14.1. The van der Waals surface area contributed by atoms with E-state index in [9.17, 15) is 8.42 Å². The van der Waals surface area contributed by atoms with E-state index in [2.05, 4.69) is 21.4 Å². The van der Waals surface area contributed by atoms with Gasteiger partial charge in [-0.1, -0.05) is 6.42 Å². The first-order valence-electron chi connectivity index (χ1n) is 6.02. The van der Waals surface area contributed by atoms with Crippen molar-refractivity contribution in [2.24, 2.45) is 5.84 Å². The van der Waals surface area contributed by atoms with E-state index in [0.717, 1.165) is 25.0 Å². The van der Waals surface area contributed by atoms with Gasteiger partial charge in [-0.15, -0.1) is 0 Å². The molecule has 1 aromatic heterocycles. The van der Waals surface area contributed by atoms with Crippen LogP contribution < -0.4 is 16.0 Å². The van der Waals surface area contributed by atoms with Gasteiger partial charge in [0, 0.05) is 12.7 Å². The molecule has 6 nitrogen and oxygen atoms in total. The number of nitrogen functional groups attached to an aromatic ring is 1. The molecule has 0 aromatic carbocycles. The maximum Gasteiger partial charge on any atom is 0.260 e. The minimum absolute atomic E-state index is 0.0680. The average molecular weight is 304 g/mol. The molecule has 19 heavy (non-hydrogen) atoms. The average Bonchev–Trinajstić information content (AvgIpc) is 2.42. The molecule has 1 aromatic rings. The van der Waals surface area contributed by atoms with Gasteiger partial charge in [-0.2, -0.15) is 11.8 Å². The fourth-order valence-electron chi connectivity index (χ4n) is 1.54. The van der Waals surface area contributed by atoms with Crippen LogP contribution in [0.2, 0.25) is 0 Å². The van der Waals surface area contributed by atoms with E-state index in [1.807, 2.05) is 0 Å². The second-order valence-corrected chi connectivity index (χ2v) is 6.62. The Morgan fingerprint density at radius 3 is 2.84 bits per heavy atom. The van der Waals surface area contributed by atoms with Crippen LogP contribution in [-0.2, 0) is 10.0 Å². The van der Waals surface area contributed by atoms with Crippen LogP contribution in [0.15, 0.2) is 23.4 Å². The molecule has 0 atom stereocenters. The monoisotopic (exact) mass is 304 g/mol. The van der Waals surface area contributed by atoms with E-state index in [1.165, 1.54) is 6.20 Å². The highest BCUT2D eigenvalue weighted by atomic mass is 32.2. The summed E-state index contributed by atoms with van der Waals surface area (Å²) in [5, 5.41) is -0.0680. The molecule has 0 aliphatic rings. The molecule has 108 valence electrons. The first-order chi connectivity index (χ1) is 9.11. The second kappa shape index (κ2) is 8.36. The van der Waals surface area contributed by atoms with Crippen LogP contribution in [-0.4, -0.2) is 32.0 Å². The molecule has 4 N–H and O–H groups in total. The number of hydrogen-bond acceptors (Lipinski definition) is 6. The van der Waals surface area contributed by atoms with Gasteiger partial charge in [0.05, 0.1) is 5.69 Å². The summed E-state index contributed by atoms with van der Waals surface area (Å²) in [6, 6.07) is 3.19. The number of anilines is 1. The second-order valence-electron chi connectivity index (χ2n) is 3.95. The lowest BCUT2D eigenvalue weighted by atomic mass is 10.2. The number of aromatic nitrogens is 1. The Morgan fingerprint density at radius 2 is 2.16 bits per heavy atom. The third-order valence-corrected chi connectivity index (χ3v) is 4.61. The van der Waals surface area contributed by atoms with Crippen molar-refractivity contribution in [3.63, 3.8) is 0 Å². The predicted molar refractivity (Wildman–Crippen MR) is 79.5 cm³/mol. The summed E-state index contributed by atoms with van der Waals surface area (Å²) in [5.41, 5.74) is 2.62. The van der Waals surface area contributed by atoms with E-state index in [0.29, 0.717) is 6.54 Å². The smallest absolute Gasteiger partial charge is 0.260 e. The molecular weight excluding hydrogens is 284 g/mol. The Hall–Kier alpha value is -0.830. The van der Waals surface area contributed by atoms with Gasteiger partial charge in [0.25, 0.3) is 10.0 Å². The number of nitrogens with two attached hydrogens (primary N) is 1. The summed E-state index contributed by atoms with van der Waals surface area (Å²) in [6.45, 7) is 0.414. The van der Waals surface area contributed by atoms with Gasteiger partial charge >= 0.3 is 0 Å². The highest BCUT2D eigenvalue weighted by Gasteiger charge is 2.18. The van der Waals surface area contributed by atoms with Gasteiger partial charge in [-0.05, 0) is 37.0 Å². The first kappa shape index (κ1) is 16.2. The fraction of sp³-hybridized carbons (Fsp3) is 0.545. The molecule has 0 unspecified atom stereocenters. The third-order valence-electron chi connectivity index (χ3n) is 2.50. The van der Waals surface area contributed by atoms with Gasteiger partial charge in [-0.3, -0.25) is 5.84 Å². The lowest BCUT2D eigenvalue weighted by Gasteiger charge is -2.09. The molecule has 1 rings (SSSR count). The number of hydrogen-bond donors (Lipinski definition) is 3. The number of pyridine rings is 1. The van der Waals surface area contributed by atoms with E-state index >= 15 is 0 Å². The van der Waals surface area contributed by atoms with E-state index in [-0.39, 0.29) is 10.7 Å². The number of nitrogens with one attached hydrogen (secondary N) is 2. The largest absolute Gasteiger partial charge is 0.321 e. The lowest BCUT2D eigenvalue weighted by molar-refractivity contribution is 0.573. The lowest BCUT2D eigenvalue weighted by Crippen LogP contribution is -2.27. The summed E-state index contributed by atoms with van der Waals surface area (Å²) < 4.78 is 26.6. The number of hydrazine groups is 1. The van der Waals surface area contributed by atoms with Gasteiger partial charge in [-0.25, -0.2) is 18.1 Å². The normalized spacial score (nSPS) is 11.5. The van der Waals surface area contributed by atoms with Gasteiger partial charge in [0.2, 0.25) is 0 Å². The molecule has 0 saturated carbocycles. The zero-order valence-electron chi connectivity index (χ0n) is 10.9. The summed E-state index contributed by atoms with van der Waals surface area (Å²) in [7, 11) is -3.60. The summed E-state index contributed by atoms with van der Waals surface area (Å²) in [5.74, 6) is 6.38. The quantitative estimate of drug-likeness (QED) is 0.360.